The van der Waals surface area contributed by atoms with Crippen molar-refractivity contribution in [3.8, 4) is 0 Å². The van der Waals surface area contributed by atoms with Crippen LogP contribution in [0.15, 0.2) is 41.8 Å². The van der Waals surface area contributed by atoms with Gasteiger partial charge in [0.15, 0.2) is 5.16 Å². The Kier molecular flexibility index (Phi) is 2.60. The van der Waals surface area contributed by atoms with E-state index in [0.717, 1.165) is 5.69 Å². The Hall–Kier alpha value is -1.62. The number of nitrogens with zero attached hydrogens (tertiary/aromatic N) is 3. The van der Waals surface area contributed by atoms with Crippen molar-refractivity contribution in [1.29, 1.82) is 0 Å². The molecule has 0 radical (unpaired) electrons. The summed E-state index contributed by atoms with van der Waals surface area (Å²) in [6, 6.07) is 9.68. The third-order valence-electron chi connectivity index (χ3n) is 1.59. The zero-order valence-corrected chi connectivity index (χ0v) is 8.15. The molecule has 0 aliphatic carbocycles. The van der Waals surface area contributed by atoms with E-state index < -0.39 is 0 Å². The van der Waals surface area contributed by atoms with Crippen molar-refractivity contribution in [3.05, 3.63) is 36.7 Å². The standard InChI is InChI=1S/C9H8N4S/c14-9-11-6-10-8(13-9)12-7-4-2-1-3-5-7/h1-6H,(H2,10,11,12,13,14). The Morgan fingerprint density at radius 1 is 1.07 bits per heavy atom. The summed E-state index contributed by atoms with van der Waals surface area (Å²) >= 11 is 4.02. The molecule has 1 heterocycles. The molecule has 1 aromatic carbocycles. The summed E-state index contributed by atoms with van der Waals surface area (Å²) < 4.78 is 0. The minimum Gasteiger partial charge on any atom is -0.324 e. The first-order chi connectivity index (χ1) is 6.84. The largest absolute Gasteiger partial charge is 0.324 e. The van der Waals surface area contributed by atoms with E-state index >= 15 is 0 Å². The predicted octanol–water partition coefficient (Wildman–Crippen LogP) is 1.90. The number of benzene rings is 1. The SMILES string of the molecule is Sc1ncnc(Nc2ccccc2)n1. The molecule has 4 nitrogen and oxygen atoms in total. The molecule has 0 saturated heterocycles. The summed E-state index contributed by atoms with van der Waals surface area (Å²) in [6.45, 7) is 0. The van der Waals surface area contributed by atoms with E-state index in [9.17, 15) is 0 Å². The zero-order chi connectivity index (χ0) is 9.80. The van der Waals surface area contributed by atoms with Gasteiger partial charge in [0.1, 0.15) is 6.33 Å². The minimum absolute atomic E-state index is 0.401. The molecular formula is C9H8N4S. The Morgan fingerprint density at radius 2 is 1.86 bits per heavy atom. The van der Waals surface area contributed by atoms with Crippen molar-refractivity contribution < 1.29 is 0 Å². The average molecular weight is 204 g/mol. The van der Waals surface area contributed by atoms with Gasteiger partial charge in [-0.25, -0.2) is 9.97 Å². The first kappa shape index (κ1) is 8.96. The van der Waals surface area contributed by atoms with Gasteiger partial charge in [0, 0.05) is 5.69 Å². The lowest BCUT2D eigenvalue weighted by Gasteiger charge is -2.02. The molecule has 1 N–H and O–H groups in total. The second kappa shape index (κ2) is 4.06. The van der Waals surface area contributed by atoms with Crippen molar-refractivity contribution in [2.75, 3.05) is 5.32 Å². The number of aromatic nitrogens is 3. The van der Waals surface area contributed by atoms with Crippen molar-refractivity contribution in [2.45, 2.75) is 5.16 Å². The minimum atomic E-state index is 0.401. The van der Waals surface area contributed by atoms with E-state index in [4.69, 9.17) is 0 Å². The quantitative estimate of drug-likeness (QED) is 0.734. The van der Waals surface area contributed by atoms with Crippen molar-refractivity contribution >= 4 is 24.3 Å². The maximum Gasteiger partial charge on any atom is 0.231 e. The molecule has 0 aliphatic heterocycles. The molecule has 2 aromatic rings. The van der Waals surface area contributed by atoms with Crippen LogP contribution in [0, 0.1) is 0 Å². The summed E-state index contributed by atoms with van der Waals surface area (Å²) in [5.41, 5.74) is 0.937. The highest BCUT2D eigenvalue weighted by Gasteiger charge is 1.96. The van der Waals surface area contributed by atoms with Gasteiger partial charge in [0.25, 0.3) is 0 Å². The molecule has 0 atom stereocenters. The van der Waals surface area contributed by atoms with E-state index in [-0.39, 0.29) is 0 Å². The molecule has 2 rings (SSSR count). The first-order valence-corrected chi connectivity index (χ1v) is 4.49. The fourth-order valence-electron chi connectivity index (χ4n) is 0.998. The maximum absolute atomic E-state index is 4.02. The molecule has 70 valence electrons. The topological polar surface area (TPSA) is 50.7 Å². The van der Waals surface area contributed by atoms with Gasteiger partial charge < -0.3 is 5.32 Å². The smallest absolute Gasteiger partial charge is 0.231 e. The van der Waals surface area contributed by atoms with E-state index in [1.165, 1.54) is 6.33 Å². The number of hydrogen-bond acceptors (Lipinski definition) is 5. The third-order valence-corrected chi connectivity index (χ3v) is 1.80. The summed E-state index contributed by atoms with van der Waals surface area (Å²) in [5.74, 6) is 0.496. The van der Waals surface area contributed by atoms with Crippen LogP contribution in [0.1, 0.15) is 0 Å². The Balaban J connectivity index is 2.19. The van der Waals surface area contributed by atoms with Gasteiger partial charge in [-0.15, -0.1) is 12.6 Å². The summed E-state index contributed by atoms with van der Waals surface area (Å²) in [7, 11) is 0. The van der Waals surface area contributed by atoms with Crippen LogP contribution < -0.4 is 5.32 Å². The van der Waals surface area contributed by atoms with Crippen LogP contribution >= 0.6 is 12.6 Å². The molecule has 0 bridgehead atoms. The van der Waals surface area contributed by atoms with Crippen LogP contribution in [0.4, 0.5) is 11.6 Å². The monoisotopic (exact) mass is 204 g/mol. The van der Waals surface area contributed by atoms with E-state index in [2.05, 4.69) is 32.9 Å². The van der Waals surface area contributed by atoms with Crippen LogP contribution in [0.3, 0.4) is 0 Å². The van der Waals surface area contributed by atoms with Gasteiger partial charge in [-0.2, -0.15) is 4.98 Å². The van der Waals surface area contributed by atoms with Crippen LogP contribution in [-0.4, -0.2) is 15.0 Å². The van der Waals surface area contributed by atoms with Crippen LogP contribution in [0.2, 0.25) is 0 Å². The number of nitrogens with one attached hydrogen (secondary N) is 1. The van der Waals surface area contributed by atoms with Gasteiger partial charge in [-0.1, -0.05) is 18.2 Å². The molecular weight excluding hydrogens is 196 g/mol. The highest BCUT2D eigenvalue weighted by Crippen LogP contribution is 2.11. The fraction of sp³-hybridized carbons (Fsp3) is 0. The number of para-hydroxylation sites is 1. The second-order valence-electron chi connectivity index (χ2n) is 2.60. The van der Waals surface area contributed by atoms with Gasteiger partial charge >= 0.3 is 0 Å². The molecule has 0 saturated carbocycles. The van der Waals surface area contributed by atoms with Crippen LogP contribution in [0.5, 0.6) is 0 Å². The van der Waals surface area contributed by atoms with Crippen molar-refractivity contribution in [3.63, 3.8) is 0 Å². The Labute approximate surface area is 86.9 Å². The van der Waals surface area contributed by atoms with Crippen LogP contribution in [0.25, 0.3) is 0 Å². The van der Waals surface area contributed by atoms with E-state index in [1.807, 2.05) is 30.3 Å². The molecule has 0 unspecified atom stereocenters. The van der Waals surface area contributed by atoms with Gasteiger partial charge in [0.2, 0.25) is 5.95 Å². The molecule has 0 fully saturated rings. The Morgan fingerprint density at radius 3 is 2.57 bits per heavy atom. The Bertz CT molecular complexity index is 418. The lowest BCUT2D eigenvalue weighted by molar-refractivity contribution is 0.917. The normalized spacial score (nSPS) is 9.79. The first-order valence-electron chi connectivity index (χ1n) is 4.05. The number of thiol groups is 1. The predicted molar refractivity (Wildman–Crippen MR) is 56.8 cm³/mol. The lowest BCUT2D eigenvalue weighted by atomic mass is 10.3. The average Bonchev–Trinajstić information content (AvgIpc) is 2.19. The zero-order valence-electron chi connectivity index (χ0n) is 7.25. The van der Waals surface area contributed by atoms with E-state index in [1.54, 1.807) is 0 Å². The number of hydrogen-bond donors (Lipinski definition) is 2. The van der Waals surface area contributed by atoms with Crippen LogP contribution in [-0.2, 0) is 0 Å². The molecule has 1 aromatic heterocycles. The molecule has 0 aliphatic rings. The number of anilines is 2. The summed E-state index contributed by atoms with van der Waals surface area (Å²) in [5, 5.41) is 3.43. The van der Waals surface area contributed by atoms with Gasteiger partial charge in [0.05, 0.1) is 0 Å². The van der Waals surface area contributed by atoms with E-state index in [0.29, 0.717) is 11.1 Å². The highest BCUT2D eigenvalue weighted by molar-refractivity contribution is 7.80. The number of rotatable bonds is 2. The fourth-order valence-corrected chi connectivity index (χ4v) is 1.14. The maximum atomic E-state index is 4.02. The van der Waals surface area contributed by atoms with Gasteiger partial charge in [-0.3, -0.25) is 0 Å². The highest BCUT2D eigenvalue weighted by atomic mass is 32.1. The molecule has 0 amide bonds. The second-order valence-corrected chi connectivity index (χ2v) is 3.00. The summed E-state index contributed by atoms with van der Waals surface area (Å²) in [4.78, 5) is 11.7. The molecule has 0 spiro atoms. The summed E-state index contributed by atoms with van der Waals surface area (Å²) in [6.07, 6.45) is 1.42. The molecule has 14 heavy (non-hydrogen) atoms. The molecule has 5 heteroatoms. The lowest BCUT2D eigenvalue weighted by Crippen LogP contribution is -1.97. The van der Waals surface area contributed by atoms with Gasteiger partial charge in [-0.05, 0) is 12.1 Å². The third kappa shape index (κ3) is 2.20. The van der Waals surface area contributed by atoms with Crippen molar-refractivity contribution in [1.82, 2.24) is 15.0 Å². The van der Waals surface area contributed by atoms with Crippen molar-refractivity contribution in [2.24, 2.45) is 0 Å².